The SMILES string of the molecule is O=C(O)C1CC2CCCCC2N1C(=O)Cc1csc(-c2ccccc2)n1. The van der Waals surface area contributed by atoms with Gasteiger partial charge in [0.1, 0.15) is 11.0 Å². The largest absolute Gasteiger partial charge is 0.480 e. The van der Waals surface area contributed by atoms with Gasteiger partial charge in [-0.1, -0.05) is 43.2 Å². The maximum Gasteiger partial charge on any atom is 0.326 e. The fourth-order valence-electron chi connectivity index (χ4n) is 4.39. The number of rotatable bonds is 4. The van der Waals surface area contributed by atoms with Crippen molar-refractivity contribution >= 4 is 23.2 Å². The van der Waals surface area contributed by atoms with Gasteiger partial charge in [0, 0.05) is 17.0 Å². The van der Waals surface area contributed by atoms with Gasteiger partial charge in [-0.25, -0.2) is 9.78 Å². The molecule has 2 heterocycles. The van der Waals surface area contributed by atoms with Gasteiger partial charge < -0.3 is 10.0 Å². The van der Waals surface area contributed by atoms with Crippen molar-refractivity contribution in [2.45, 2.75) is 50.6 Å². The molecule has 1 N–H and O–H groups in total. The molecule has 0 bridgehead atoms. The fourth-order valence-corrected chi connectivity index (χ4v) is 5.21. The van der Waals surface area contributed by atoms with Crippen LogP contribution in [0.4, 0.5) is 0 Å². The molecule has 3 atom stereocenters. The van der Waals surface area contributed by atoms with Crippen molar-refractivity contribution in [3.63, 3.8) is 0 Å². The summed E-state index contributed by atoms with van der Waals surface area (Å²) >= 11 is 1.52. The third-order valence-electron chi connectivity index (χ3n) is 5.57. The van der Waals surface area contributed by atoms with Crippen LogP contribution in [-0.4, -0.2) is 39.0 Å². The highest BCUT2D eigenvalue weighted by atomic mass is 32.1. The van der Waals surface area contributed by atoms with Gasteiger partial charge in [0.25, 0.3) is 0 Å². The van der Waals surface area contributed by atoms with Crippen LogP contribution in [0.3, 0.4) is 0 Å². The lowest BCUT2D eigenvalue weighted by atomic mass is 9.84. The van der Waals surface area contributed by atoms with E-state index in [1.54, 1.807) is 4.90 Å². The molecule has 2 fully saturated rings. The maximum absolute atomic E-state index is 13.0. The van der Waals surface area contributed by atoms with E-state index in [-0.39, 0.29) is 18.4 Å². The molecule has 5 nitrogen and oxygen atoms in total. The molecule has 26 heavy (non-hydrogen) atoms. The zero-order valence-electron chi connectivity index (χ0n) is 14.5. The van der Waals surface area contributed by atoms with Crippen LogP contribution in [0.5, 0.6) is 0 Å². The summed E-state index contributed by atoms with van der Waals surface area (Å²) < 4.78 is 0. The molecular weight excluding hydrogens is 348 g/mol. The fraction of sp³-hybridized carbons (Fsp3) is 0.450. The molecule has 1 aromatic carbocycles. The van der Waals surface area contributed by atoms with Gasteiger partial charge in [0.05, 0.1) is 12.1 Å². The molecule has 1 saturated carbocycles. The van der Waals surface area contributed by atoms with Crippen LogP contribution in [0.1, 0.15) is 37.8 Å². The monoisotopic (exact) mass is 370 g/mol. The minimum atomic E-state index is -0.879. The van der Waals surface area contributed by atoms with Crippen LogP contribution in [-0.2, 0) is 16.0 Å². The van der Waals surface area contributed by atoms with Crippen molar-refractivity contribution in [2.75, 3.05) is 0 Å². The first-order valence-electron chi connectivity index (χ1n) is 9.17. The summed E-state index contributed by atoms with van der Waals surface area (Å²) in [6.45, 7) is 0. The molecule has 1 amide bonds. The van der Waals surface area contributed by atoms with Gasteiger partial charge >= 0.3 is 5.97 Å². The van der Waals surface area contributed by atoms with Crippen LogP contribution in [0.2, 0.25) is 0 Å². The number of thiazole rings is 1. The van der Waals surface area contributed by atoms with Gasteiger partial charge in [-0.05, 0) is 25.2 Å². The number of benzene rings is 1. The lowest BCUT2D eigenvalue weighted by Crippen LogP contribution is -2.46. The quantitative estimate of drug-likeness (QED) is 0.893. The molecule has 0 spiro atoms. The summed E-state index contributed by atoms with van der Waals surface area (Å²) in [5, 5.41) is 12.4. The van der Waals surface area contributed by atoms with E-state index in [2.05, 4.69) is 4.98 Å². The Morgan fingerprint density at radius 3 is 2.73 bits per heavy atom. The van der Waals surface area contributed by atoms with Crippen LogP contribution >= 0.6 is 11.3 Å². The van der Waals surface area contributed by atoms with Crippen molar-refractivity contribution in [1.29, 1.82) is 0 Å². The number of hydrogen-bond donors (Lipinski definition) is 1. The van der Waals surface area contributed by atoms with E-state index in [1.807, 2.05) is 35.7 Å². The minimum Gasteiger partial charge on any atom is -0.480 e. The van der Waals surface area contributed by atoms with E-state index in [4.69, 9.17) is 0 Å². The number of carboxylic acid groups (broad SMARTS) is 1. The maximum atomic E-state index is 13.0. The van der Waals surface area contributed by atoms with Gasteiger partial charge in [-0.2, -0.15) is 0 Å². The Kier molecular flexibility index (Phi) is 4.76. The van der Waals surface area contributed by atoms with Crippen molar-refractivity contribution in [3.8, 4) is 10.6 Å². The van der Waals surface area contributed by atoms with Gasteiger partial charge in [-0.15, -0.1) is 11.3 Å². The van der Waals surface area contributed by atoms with Crippen molar-refractivity contribution in [1.82, 2.24) is 9.88 Å². The van der Waals surface area contributed by atoms with E-state index >= 15 is 0 Å². The van der Waals surface area contributed by atoms with Crippen LogP contribution in [0.25, 0.3) is 10.6 Å². The van der Waals surface area contributed by atoms with Gasteiger partial charge in [0.2, 0.25) is 5.91 Å². The van der Waals surface area contributed by atoms with Gasteiger partial charge in [-0.3, -0.25) is 4.79 Å². The number of aliphatic carboxylic acids is 1. The third-order valence-corrected chi connectivity index (χ3v) is 6.51. The number of likely N-dealkylation sites (tertiary alicyclic amines) is 1. The molecule has 0 radical (unpaired) electrons. The third kappa shape index (κ3) is 3.26. The Bertz CT molecular complexity index is 804. The Balaban J connectivity index is 1.52. The average molecular weight is 370 g/mol. The number of fused-ring (bicyclic) bond motifs is 1. The highest BCUT2D eigenvalue weighted by Crippen LogP contribution is 2.40. The highest BCUT2D eigenvalue weighted by molar-refractivity contribution is 7.13. The molecule has 2 aliphatic rings. The van der Waals surface area contributed by atoms with Crippen molar-refractivity contribution < 1.29 is 14.7 Å². The second kappa shape index (κ2) is 7.19. The number of hydrogen-bond acceptors (Lipinski definition) is 4. The highest BCUT2D eigenvalue weighted by Gasteiger charge is 2.47. The van der Waals surface area contributed by atoms with E-state index in [9.17, 15) is 14.7 Å². The number of amides is 1. The van der Waals surface area contributed by atoms with Crippen LogP contribution in [0, 0.1) is 5.92 Å². The Morgan fingerprint density at radius 2 is 1.96 bits per heavy atom. The molecule has 1 aromatic heterocycles. The zero-order valence-corrected chi connectivity index (χ0v) is 15.3. The molecule has 2 aromatic rings. The second-order valence-corrected chi connectivity index (χ2v) is 8.05. The lowest BCUT2D eigenvalue weighted by Gasteiger charge is -2.32. The first kappa shape index (κ1) is 17.2. The first-order valence-corrected chi connectivity index (χ1v) is 10.1. The minimum absolute atomic E-state index is 0.0876. The second-order valence-electron chi connectivity index (χ2n) is 7.19. The molecule has 6 heteroatoms. The molecule has 1 saturated heterocycles. The normalized spacial score (nSPS) is 25.1. The molecule has 1 aliphatic heterocycles. The van der Waals surface area contributed by atoms with Crippen molar-refractivity contribution in [2.24, 2.45) is 5.92 Å². The lowest BCUT2D eigenvalue weighted by molar-refractivity contribution is -0.149. The van der Waals surface area contributed by atoms with E-state index in [0.717, 1.165) is 41.9 Å². The molecule has 136 valence electrons. The summed E-state index contributed by atoms with van der Waals surface area (Å²) in [4.78, 5) is 30.9. The number of aromatic nitrogens is 1. The smallest absolute Gasteiger partial charge is 0.326 e. The number of nitrogens with zero attached hydrogens (tertiary/aromatic N) is 2. The average Bonchev–Trinajstić information content (AvgIpc) is 3.27. The van der Waals surface area contributed by atoms with E-state index < -0.39 is 12.0 Å². The molecular formula is C20H22N2O3S. The molecule has 1 aliphatic carbocycles. The molecule has 3 unspecified atom stereocenters. The molecule has 4 rings (SSSR count). The number of carboxylic acids is 1. The Labute approximate surface area is 156 Å². The standard InChI is InChI=1S/C20H22N2O3S/c23-18(11-15-12-26-19(21-15)13-6-2-1-3-7-13)22-16-9-5-4-8-14(16)10-17(22)20(24)25/h1-3,6-7,12,14,16-17H,4-5,8-11H2,(H,24,25). The predicted octanol–water partition coefficient (Wildman–Crippen LogP) is 3.60. The van der Waals surface area contributed by atoms with E-state index in [0.29, 0.717) is 12.3 Å². The van der Waals surface area contributed by atoms with E-state index in [1.165, 1.54) is 11.3 Å². The summed E-state index contributed by atoms with van der Waals surface area (Å²) in [6.07, 6.45) is 4.95. The summed E-state index contributed by atoms with van der Waals surface area (Å²) in [6, 6.07) is 9.30. The van der Waals surface area contributed by atoms with Crippen LogP contribution < -0.4 is 0 Å². The van der Waals surface area contributed by atoms with Crippen LogP contribution in [0.15, 0.2) is 35.7 Å². The van der Waals surface area contributed by atoms with Gasteiger partial charge in [0.15, 0.2) is 0 Å². The summed E-state index contributed by atoms with van der Waals surface area (Å²) in [7, 11) is 0. The summed E-state index contributed by atoms with van der Waals surface area (Å²) in [5.41, 5.74) is 1.76. The van der Waals surface area contributed by atoms with Crippen molar-refractivity contribution in [3.05, 3.63) is 41.4 Å². The summed E-state index contributed by atoms with van der Waals surface area (Å²) in [5.74, 6) is -0.642. The zero-order chi connectivity index (χ0) is 18.1. The first-order chi connectivity index (χ1) is 12.6. The Hall–Kier alpha value is -2.21. The Morgan fingerprint density at radius 1 is 1.19 bits per heavy atom. The number of carbonyl (C=O) groups excluding carboxylic acids is 1. The predicted molar refractivity (Wildman–Crippen MR) is 99.9 cm³/mol. The topological polar surface area (TPSA) is 70.5 Å². The number of carbonyl (C=O) groups is 2.